The van der Waals surface area contributed by atoms with Crippen molar-refractivity contribution in [3.05, 3.63) is 0 Å². The number of aliphatic hydroxyl groups excluding tert-OH is 2. The fraction of sp³-hybridized carbons (Fsp3) is 1.00. The Kier molecular flexibility index (Phi) is 5.59. The molecule has 0 radical (unpaired) electrons. The summed E-state index contributed by atoms with van der Waals surface area (Å²) in [4.78, 5) is 0. The molecule has 4 heteroatoms. The van der Waals surface area contributed by atoms with E-state index in [1.807, 2.05) is 13.8 Å². The smallest absolute Gasteiger partial charge is 0.0865 e. The van der Waals surface area contributed by atoms with Crippen LogP contribution in [-0.4, -0.2) is 44.8 Å². The van der Waals surface area contributed by atoms with E-state index in [1.165, 1.54) is 12.8 Å². The molecule has 4 saturated carbocycles. The van der Waals surface area contributed by atoms with Crippen LogP contribution in [0.25, 0.3) is 0 Å². The number of aliphatic hydroxyl groups is 3. The zero-order valence-corrected chi connectivity index (χ0v) is 23.2. The molecule has 3 N–H and O–H groups in total. The Hall–Kier alpha value is -0.160. The van der Waals surface area contributed by atoms with Gasteiger partial charge in [-0.05, 0) is 124 Å². The van der Waals surface area contributed by atoms with Gasteiger partial charge in [0.2, 0.25) is 0 Å². The highest BCUT2D eigenvalue weighted by molar-refractivity contribution is 5.20. The van der Waals surface area contributed by atoms with Crippen molar-refractivity contribution in [3.63, 3.8) is 0 Å². The number of hydrogen-bond acceptors (Lipinski definition) is 4. The van der Waals surface area contributed by atoms with Gasteiger partial charge in [-0.15, -0.1) is 0 Å². The summed E-state index contributed by atoms with van der Waals surface area (Å²) in [6.07, 6.45) is 8.72. The predicted octanol–water partition coefficient (Wildman–Crippen LogP) is 5.71. The summed E-state index contributed by atoms with van der Waals surface area (Å²) in [5.74, 6) is 1.59. The predicted molar refractivity (Wildman–Crippen MR) is 135 cm³/mol. The van der Waals surface area contributed by atoms with Crippen molar-refractivity contribution in [2.75, 3.05) is 0 Å². The van der Waals surface area contributed by atoms with Crippen LogP contribution in [0.5, 0.6) is 0 Å². The molecule has 1 unspecified atom stereocenters. The summed E-state index contributed by atoms with van der Waals surface area (Å²) >= 11 is 0. The molecule has 1 saturated heterocycles. The van der Waals surface area contributed by atoms with Crippen molar-refractivity contribution in [1.82, 2.24) is 0 Å². The third-order valence-corrected chi connectivity index (χ3v) is 13.3. The molecule has 0 aromatic rings. The van der Waals surface area contributed by atoms with Crippen LogP contribution in [0.2, 0.25) is 0 Å². The molecular weight excluding hydrogens is 424 g/mol. The van der Waals surface area contributed by atoms with Crippen molar-refractivity contribution >= 4 is 0 Å². The Morgan fingerprint density at radius 3 is 2.03 bits per heavy atom. The molecule has 5 rings (SSSR count). The summed E-state index contributed by atoms with van der Waals surface area (Å²) in [7, 11) is 0. The van der Waals surface area contributed by atoms with Crippen LogP contribution in [0, 0.1) is 45.3 Å². The molecule has 0 amide bonds. The standard InChI is InChI=1S/C30H52O4/c1-25(2)20-10-15-28(6)21(27(20,5)13-11-22(25)32)17-19(31)24-18(9-14-29(24,28)7)30(8)16-12-23(34-30)26(3,4)33/h18-24,31-33H,9-17H2,1-8H3/t18-,19+,20-,21+,22-,23?,24-,27-,28+,29+,30-/m0/s1. The highest BCUT2D eigenvalue weighted by atomic mass is 16.5. The average molecular weight is 477 g/mol. The molecule has 0 aromatic heterocycles. The van der Waals surface area contributed by atoms with E-state index in [9.17, 15) is 15.3 Å². The van der Waals surface area contributed by atoms with E-state index in [1.54, 1.807) is 0 Å². The Morgan fingerprint density at radius 1 is 0.765 bits per heavy atom. The fourth-order valence-corrected chi connectivity index (χ4v) is 11.1. The minimum Gasteiger partial charge on any atom is -0.393 e. The molecule has 1 aliphatic heterocycles. The maximum Gasteiger partial charge on any atom is 0.0865 e. The van der Waals surface area contributed by atoms with Crippen LogP contribution >= 0.6 is 0 Å². The van der Waals surface area contributed by atoms with Gasteiger partial charge in [0.25, 0.3) is 0 Å². The first-order valence-electron chi connectivity index (χ1n) is 14.3. The van der Waals surface area contributed by atoms with Crippen LogP contribution in [0.3, 0.4) is 0 Å². The van der Waals surface area contributed by atoms with E-state index in [-0.39, 0.29) is 51.5 Å². The molecule has 4 aliphatic carbocycles. The van der Waals surface area contributed by atoms with Gasteiger partial charge >= 0.3 is 0 Å². The maximum atomic E-state index is 11.9. The van der Waals surface area contributed by atoms with Crippen molar-refractivity contribution < 1.29 is 20.1 Å². The molecule has 196 valence electrons. The average Bonchev–Trinajstić information content (AvgIpc) is 3.30. The van der Waals surface area contributed by atoms with Crippen molar-refractivity contribution in [1.29, 1.82) is 0 Å². The maximum absolute atomic E-state index is 11.9. The Labute approximate surface area is 208 Å². The van der Waals surface area contributed by atoms with Gasteiger partial charge in [-0.25, -0.2) is 0 Å². The molecular formula is C30H52O4. The monoisotopic (exact) mass is 476 g/mol. The Balaban J connectivity index is 1.48. The van der Waals surface area contributed by atoms with Gasteiger partial charge in [0.05, 0.1) is 29.5 Å². The molecule has 11 atom stereocenters. The van der Waals surface area contributed by atoms with Crippen molar-refractivity contribution in [3.8, 4) is 0 Å². The lowest BCUT2D eigenvalue weighted by Crippen LogP contribution is -2.66. The molecule has 1 heterocycles. The molecule has 5 aliphatic rings. The molecule has 4 nitrogen and oxygen atoms in total. The topological polar surface area (TPSA) is 69.9 Å². The molecule has 5 fully saturated rings. The van der Waals surface area contributed by atoms with E-state index < -0.39 is 5.60 Å². The fourth-order valence-electron chi connectivity index (χ4n) is 11.1. The van der Waals surface area contributed by atoms with Crippen LogP contribution in [0.15, 0.2) is 0 Å². The van der Waals surface area contributed by atoms with Gasteiger partial charge < -0.3 is 20.1 Å². The zero-order valence-electron chi connectivity index (χ0n) is 23.2. The van der Waals surface area contributed by atoms with Crippen LogP contribution in [-0.2, 0) is 4.74 Å². The van der Waals surface area contributed by atoms with Crippen LogP contribution < -0.4 is 0 Å². The van der Waals surface area contributed by atoms with Crippen LogP contribution in [0.1, 0.15) is 113 Å². The number of rotatable bonds is 2. The number of ether oxygens (including phenoxy) is 1. The summed E-state index contributed by atoms with van der Waals surface area (Å²) in [6, 6.07) is 0. The first-order valence-corrected chi connectivity index (χ1v) is 14.3. The quantitative estimate of drug-likeness (QED) is 0.477. The largest absolute Gasteiger partial charge is 0.393 e. The molecule has 0 bridgehead atoms. The molecule has 0 aromatic carbocycles. The van der Waals surface area contributed by atoms with Gasteiger partial charge in [-0.1, -0.05) is 34.6 Å². The van der Waals surface area contributed by atoms with Gasteiger partial charge in [0, 0.05) is 0 Å². The third kappa shape index (κ3) is 3.16. The lowest BCUT2D eigenvalue weighted by molar-refractivity contribution is -0.248. The van der Waals surface area contributed by atoms with Gasteiger partial charge in [-0.2, -0.15) is 0 Å². The minimum atomic E-state index is -0.826. The SMILES string of the molecule is CC(C)(O)C1CC[C@@](C)([C@H]2CC[C@]3(C)[C@@H]2[C@H](O)C[C@@H]2[C@@]4(C)CC[C@H](O)C(C)(C)[C@@H]4CC[C@]23C)O1. The van der Waals surface area contributed by atoms with Crippen molar-refractivity contribution in [2.45, 2.75) is 143 Å². The summed E-state index contributed by atoms with van der Waals surface area (Å²) < 4.78 is 6.66. The lowest BCUT2D eigenvalue weighted by atomic mass is 9.35. The lowest BCUT2D eigenvalue weighted by Gasteiger charge is -2.70. The van der Waals surface area contributed by atoms with E-state index in [0.29, 0.717) is 17.8 Å². The number of hydrogen-bond donors (Lipinski definition) is 3. The second-order valence-corrected chi connectivity index (χ2v) is 15.4. The minimum absolute atomic E-state index is 0.0630. The first kappa shape index (κ1) is 25.5. The first-order chi connectivity index (χ1) is 15.5. The van der Waals surface area contributed by atoms with Crippen molar-refractivity contribution in [2.24, 2.45) is 45.3 Å². The zero-order chi connectivity index (χ0) is 25.1. The molecule has 0 spiro atoms. The summed E-state index contributed by atoms with van der Waals surface area (Å²) in [5.41, 5.74) is -0.703. The highest BCUT2D eigenvalue weighted by Crippen LogP contribution is 2.76. The second-order valence-electron chi connectivity index (χ2n) is 15.4. The van der Waals surface area contributed by atoms with E-state index in [4.69, 9.17) is 4.74 Å². The number of fused-ring (bicyclic) bond motifs is 5. The highest BCUT2D eigenvalue weighted by Gasteiger charge is 2.71. The van der Waals surface area contributed by atoms with Crippen LogP contribution in [0.4, 0.5) is 0 Å². The third-order valence-electron chi connectivity index (χ3n) is 13.3. The summed E-state index contributed by atoms with van der Waals surface area (Å²) in [5, 5.41) is 33.4. The Morgan fingerprint density at radius 2 is 1.41 bits per heavy atom. The summed E-state index contributed by atoms with van der Waals surface area (Å²) in [6.45, 7) is 18.1. The molecule has 34 heavy (non-hydrogen) atoms. The second kappa shape index (κ2) is 7.45. The Bertz CT molecular complexity index is 817. The van der Waals surface area contributed by atoms with Gasteiger partial charge in [0.15, 0.2) is 0 Å². The van der Waals surface area contributed by atoms with Gasteiger partial charge in [0.1, 0.15) is 0 Å². The van der Waals surface area contributed by atoms with E-state index in [2.05, 4.69) is 41.5 Å². The normalized spacial score (nSPS) is 57.1. The van der Waals surface area contributed by atoms with E-state index in [0.717, 1.165) is 44.9 Å². The van der Waals surface area contributed by atoms with Gasteiger partial charge in [-0.3, -0.25) is 0 Å². The van der Waals surface area contributed by atoms with E-state index >= 15 is 0 Å².